The van der Waals surface area contributed by atoms with E-state index < -0.39 is 12.0 Å². The van der Waals surface area contributed by atoms with E-state index in [0.29, 0.717) is 25.3 Å². The van der Waals surface area contributed by atoms with Gasteiger partial charge in [-0.1, -0.05) is 19.3 Å². The highest BCUT2D eigenvalue weighted by Gasteiger charge is 2.22. The first-order chi connectivity index (χ1) is 9.50. The predicted octanol–water partition coefficient (Wildman–Crippen LogP) is 2.34. The highest BCUT2D eigenvalue weighted by Crippen LogP contribution is 2.27. The number of rotatable bonds is 8. The smallest absolute Gasteiger partial charge is 0.320 e. The van der Waals surface area contributed by atoms with E-state index in [1.165, 1.54) is 19.3 Å². The number of carboxylic acids is 1. The first-order valence-electron chi connectivity index (χ1n) is 7.66. The Morgan fingerprint density at radius 1 is 1.25 bits per heavy atom. The van der Waals surface area contributed by atoms with Crippen LogP contribution in [-0.4, -0.2) is 35.7 Å². The number of carbonyl (C=O) groups excluding carboxylic acids is 1. The molecule has 0 aliphatic heterocycles. The fraction of sp³-hybridized carbons (Fsp3) is 0.867. The molecule has 0 unspecified atom stereocenters. The van der Waals surface area contributed by atoms with Crippen LogP contribution in [0.1, 0.15) is 58.8 Å². The Morgan fingerprint density at radius 2 is 1.90 bits per heavy atom. The summed E-state index contributed by atoms with van der Waals surface area (Å²) in [7, 11) is 0. The van der Waals surface area contributed by atoms with E-state index in [1.807, 2.05) is 6.92 Å². The zero-order valence-corrected chi connectivity index (χ0v) is 12.6. The minimum atomic E-state index is -0.876. The lowest BCUT2D eigenvalue weighted by Crippen LogP contribution is -2.34. The molecular weight excluding hydrogens is 258 g/mol. The molecule has 1 rings (SSSR count). The number of hydrogen-bond acceptors (Lipinski definition) is 4. The van der Waals surface area contributed by atoms with E-state index in [4.69, 9.17) is 9.84 Å². The van der Waals surface area contributed by atoms with Crippen LogP contribution in [0, 0.1) is 5.92 Å². The van der Waals surface area contributed by atoms with Gasteiger partial charge in [-0.05, 0) is 45.6 Å². The first kappa shape index (κ1) is 17.0. The van der Waals surface area contributed by atoms with Crippen molar-refractivity contribution in [2.75, 3.05) is 6.54 Å². The third kappa shape index (κ3) is 6.37. The molecule has 0 saturated heterocycles. The van der Waals surface area contributed by atoms with Gasteiger partial charge in [-0.3, -0.25) is 9.59 Å². The van der Waals surface area contributed by atoms with Crippen molar-refractivity contribution >= 4 is 11.9 Å². The maximum atomic E-state index is 11.7. The van der Waals surface area contributed by atoms with Crippen LogP contribution >= 0.6 is 0 Å². The van der Waals surface area contributed by atoms with Gasteiger partial charge in [0.1, 0.15) is 12.1 Å². The van der Waals surface area contributed by atoms with Crippen LogP contribution < -0.4 is 5.32 Å². The molecule has 1 fully saturated rings. The Kier molecular flexibility index (Phi) is 7.59. The van der Waals surface area contributed by atoms with Crippen molar-refractivity contribution in [3.63, 3.8) is 0 Å². The Morgan fingerprint density at radius 3 is 2.50 bits per heavy atom. The summed E-state index contributed by atoms with van der Waals surface area (Å²) in [6.45, 7) is 4.09. The lowest BCUT2D eigenvalue weighted by molar-refractivity contribution is -0.151. The van der Waals surface area contributed by atoms with Gasteiger partial charge in [0, 0.05) is 6.42 Å². The summed E-state index contributed by atoms with van der Waals surface area (Å²) in [5, 5.41) is 11.5. The molecule has 0 heterocycles. The van der Waals surface area contributed by atoms with Crippen LogP contribution in [0.3, 0.4) is 0 Å². The molecule has 0 aromatic heterocycles. The van der Waals surface area contributed by atoms with Crippen molar-refractivity contribution in [3.8, 4) is 0 Å². The average Bonchev–Trinajstić information content (AvgIpc) is 2.44. The number of carbonyl (C=O) groups is 2. The van der Waals surface area contributed by atoms with E-state index in [2.05, 4.69) is 5.32 Å². The van der Waals surface area contributed by atoms with Crippen LogP contribution in [-0.2, 0) is 14.3 Å². The lowest BCUT2D eigenvalue weighted by atomic mass is 9.86. The summed E-state index contributed by atoms with van der Waals surface area (Å²) in [6.07, 6.45) is 7.05. The summed E-state index contributed by atoms with van der Waals surface area (Å²) >= 11 is 0. The Labute approximate surface area is 121 Å². The Hall–Kier alpha value is -1.10. The summed E-state index contributed by atoms with van der Waals surface area (Å²) in [4.78, 5) is 22.3. The second-order valence-electron chi connectivity index (χ2n) is 5.71. The van der Waals surface area contributed by atoms with Crippen LogP contribution in [0.25, 0.3) is 0 Å². The fourth-order valence-corrected chi connectivity index (χ4v) is 2.60. The van der Waals surface area contributed by atoms with Gasteiger partial charge in [-0.15, -0.1) is 0 Å². The van der Waals surface area contributed by atoms with E-state index in [9.17, 15) is 9.59 Å². The summed E-state index contributed by atoms with van der Waals surface area (Å²) in [5.41, 5.74) is 0. The molecule has 0 amide bonds. The molecule has 20 heavy (non-hydrogen) atoms. The van der Waals surface area contributed by atoms with Gasteiger partial charge in [-0.2, -0.15) is 0 Å². The van der Waals surface area contributed by atoms with Crippen molar-refractivity contribution < 1.29 is 19.4 Å². The predicted molar refractivity (Wildman–Crippen MR) is 76.5 cm³/mol. The summed E-state index contributed by atoms with van der Waals surface area (Å²) in [5.74, 6) is -0.538. The molecule has 0 aromatic rings. The Bertz CT molecular complexity index is 313. The molecule has 1 saturated carbocycles. The number of hydrogen-bond donors (Lipinski definition) is 2. The van der Waals surface area contributed by atoms with Gasteiger partial charge in [-0.25, -0.2) is 0 Å². The molecule has 5 heteroatoms. The maximum Gasteiger partial charge on any atom is 0.320 e. The monoisotopic (exact) mass is 285 g/mol. The van der Waals surface area contributed by atoms with Crippen molar-refractivity contribution in [2.24, 2.45) is 5.92 Å². The number of esters is 1. The lowest BCUT2D eigenvalue weighted by Gasteiger charge is -2.27. The zero-order chi connectivity index (χ0) is 15.0. The van der Waals surface area contributed by atoms with Crippen LogP contribution in [0.15, 0.2) is 0 Å². The van der Waals surface area contributed by atoms with Crippen LogP contribution in [0.2, 0.25) is 0 Å². The van der Waals surface area contributed by atoms with Crippen molar-refractivity contribution in [3.05, 3.63) is 0 Å². The number of aliphatic carboxylic acids is 1. The van der Waals surface area contributed by atoms with Crippen molar-refractivity contribution in [2.45, 2.75) is 70.9 Å². The fourth-order valence-electron chi connectivity index (χ4n) is 2.60. The first-order valence-corrected chi connectivity index (χ1v) is 7.66. The molecule has 0 spiro atoms. The SMILES string of the molecule is C[C@H](NCCCC(=O)O[C@@H](C)C1CCCCC1)C(=O)O. The number of carboxylic acid groups (broad SMARTS) is 1. The quantitative estimate of drug-likeness (QED) is 0.529. The molecule has 2 atom stereocenters. The third-order valence-electron chi connectivity index (χ3n) is 4.01. The molecule has 2 N–H and O–H groups in total. The molecule has 0 aromatic carbocycles. The Balaban J connectivity index is 2.11. The minimum absolute atomic E-state index is 0.00806. The third-order valence-corrected chi connectivity index (χ3v) is 4.01. The van der Waals surface area contributed by atoms with Gasteiger partial charge < -0.3 is 15.2 Å². The highest BCUT2D eigenvalue weighted by atomic mass is 16.5. The van der Waals surface area contributed by atoms with Gasteiger partial charge >= 0.3 is 11.9 Å². The van der Waals surface area contributed by atoms with E-state index in [1.54, 1.807) is 6.92 Å². The van der Waals surface area contributed by atoms with Gasteiger partial charge in [0.2, 0.25) is 0 Å². The standard InChI is InChI=1S/C15H27NO4/c1-11(15(18)19)16-10-6-9-14(17)20-12(2)13-7-4-3-5-8-13/h11-13,16H,3-10H2,1-2H3,(H,18,19)/t11-,12-/m0/s1. The van der Waals surface area contributed by atoms with Gasteiger partial charge in [0.05, 0.1) is 0 Å². The van der Waals surface area contributed by atoms with Crippen molar-refractivity contribution in [1.29, 1.82) is 0 Å². The highest BCUT2D eigenvalue weighted by molar-refractivity contribution is 5.72. The second-order valence-corrected chi connectivity index (χ2v) is 5.71. The van der Waals surface area contributed by atoms with Crippen LogP contribution in [0.5, 0.6) is 0 Å². The molecule has 116 valence electrons. The zero-order valence-electron chi connectivity index (χ0n) is 12.6. The summed E-state index contributed by atoms with van der Waals surface area (Å²) in [6, 6.07) is -0.577. The van der Waals surface area contributed by atoms with E-state index >= 15 is 0 Å². The van der Waals surface area contributed by atoms with E-state index in [0.717, 1.165) is 12.8 Å². The molecule has 0 radical (unpaired) electrons. The minimum Gasteiger partial charge on any atom is -0.480 e. The molecule has 0 bridgehead atoms. The normalized spacial score (nSPS) is 19.3. The van der Waals surface area contributed by atoms with E-state index in [-0.39, 0.29) is 12.1 Å². The number of ether oxygens (including phenoxy) is 1. The molecule has 1 aliphatic carbocycles. The second kappa shape index (κ2) is 8.95. The molecular formula is C15H27NO4. The van der Waals surface area contributed by atoms with Crippen LogP contribution in [0.4, 0.5) is 0 Å². The largest absolute Gasteiger partial charge is 0.480 e. The average molecular weight is 285 g/mol. The topological polar surface area (TPSA) is 75.6 Å². The molecule has 1 aliphatic rings. The summed E-state index contributed by atoms with van der Waals surface area (Å²) < 4.78 is 5.46. The maximum absolute atomic E-state index is 11.7. The molecule has 5 nitrogen and oxygen atoms in total. The van der Waals surface area contributed by atoms with Gasteiger partial charge in [0.25, 0.3) is 0 Å². The number of nitrogens with one attached hydrogen (secondary N) is 1. The van der Waals surface area contributed by atoms with Crippen molar-refractivity contribution in [1.82, 2.24) is 5.32 Å². The van der Waals surface area contributed by atoms with Gasteiger partial charge in [0.15, 0.2) is 0 Å².